The summed E-state index contributed by atoms with van der Waals surface area (Å²) in [7, 11) is 0. The van der Waals surface area contributed by atoms with Crippen LogP contribution in [0, 0.1) is 29.2 Å². The van der Waals surface area contributed by atoms with Crippen molar-refractivity contribution in [3.05, 3.63) is 34.4 Å². The van der Waals surface area contributed by atoms with Gasteiger partial charge in [0.05, 0.1) is 12.2 Å². The molecule has 1 aliphatic rings. The zero-order chi connectivity index (χ0) is 15.0. The predicted molar refractivity (Wildman–Crippen MR) is 59.0 cm³/mol. The molecule has 7 heteroatoms. The minimum absolute atomic E-state index is 0.0179. The fraction of sp³-hybridized carbons (Fsp3) is 0.385. The van der Waals surface area contributed by atoms with Crippen LogP contribution in [0.3, 0.4) is 0 Å². The topological polar surface area (TPSA) is 43.4 Å². The molecule has 0 aromatic heterocycles. The maximum absolute atomic E-state index is 13.6. The second-order valence-electron chi connectivity index (χ2n) is 4.32. The fourth-order valence-corrected chi connectivity index (χ4v) is 2.23. The Morgan fingerprint density at radius 1 is 1.15 bits per heavy atom. The van der Waals surface area contributed by atoms with Crippen molar-refractivity contribution < 1.29 is 31.9 Å². The van der Waals surface area contributed by atoms with Crippen LogP contribution in [0.2, 0.25) is 0 Å². The van der Waals surface area contributed by atoms with Gasteiger partial charge in [-0.1, -0.05) is 0 Å². The standard InChI is InChI=1S/C13H10F4O3/c1-2-20-13(19)6-4-3-5-7(12(6)18)9(15)11(17)10(16)8(5)14/h6H,2-4H2,1H3. The van der Waals surface area contributed by atoms with Gasteiger partial charge in [0, 0.05) is 5.56 Å². The van der Waals surface area contributed by atoms with Crippen molar-refractivity contribution in [3.8, 4) is 0 Å². The Balaban J connectivity index is 2.52. The molecule has 108 valence electrons. The quantitative estimate of drug-likeness (QED) is 0.276. The molecule has 0 fully saturated rings. The molecule has 0 radical (unpaired) electrons. The van der Waals surface area contributed by atoms with E-state index in [0.29, 0.717) is 0 Å². The molecule has 20 heavy (non-hydrogen) atoms. The number of carbonyl (C=O) groups excluding carboxylic acids is 2. The predicted octanol–water partition coefficient (Wildman–Crippen LogP) is 2.55. The van der Waals surface area contributed by atoms with Gasteiger partial charge in [0.2, 0.25) is 0 Å². The van der Waals surface area contributed by atoms with E-state index < -0.39 is 52.1 Å². The number of ether oxygens (including phenoxy) is 1. The fourth-order valence-electron chi connectivity index (χ4n) is 2.23. The van der Waals surface area contributed by atoms with Crippen molar-refractivity contribution in [3.63, 3.8) is 0 Å². The molecule has 0 saturated carbocycles. The van der Waals surface area contributed by atoms with E-state index in [-0.39, 0.29) is 19.4 Å². The van der Waals surface area contributed by atoms with Gasteiger partial charge in [0.25, 0.3) is 0 Å². The molecule has 0 aliphatic heterocycles. The Bertz CT molecular complexity index is 598. The van der Waals surface area contributed by atoms with Crippen LogP contribution in [0.15, 0.2) is 0 Å². The number of Topliss-reactive ketones (excluding diaryl/α,β-unsaturated/α-hetero) is 1. The normalized spacial score (nSPS) is 17.9. The lowest BCUT2D eigenvalue weighted by Crippen LogP contribution is -2.33. The highest BCUT2D eigenvalue weighted by Gasteiger charge is 2.39. The van der Waals surface area contributed by atoms with Crippen LogP contribution in [0.1, 0.15) is 29.3 Å². The molecular formula is C13H10F4O3. The number of halogens is 4. The Morgan fingerprint density at radius 3 is 2.35 bits per heavy atom. The van der Waals surface area contributed by atoms with Crippen molar-refractivity contribution in [2.45, 2.75) is 19.8 Å². The van der Waals surface area contributed by atoms with Gasteiger partial charge in [-0.3, -0.25) is 9.59 Å². The molecular weight excluding hydrogens is 280 g/mol. The lowest BCUT2D eigenvalue weighted by molar-refractivity contribution is -0.146. The Hall–Kier alpha value is -1.92. The highest BCUT2D eigenvalue weighted by Crippen LogP contribution is 2.33. The first-order valence-electron chi connectivity index (χ1n) is 5.95. The maximum atomic E-state index is 13.6. The minimum atomic E-state index is -2.06. The van der Waals surface area contributed by atoms with E-state index in [4.69, 9.17) is 0 Å². The van der Waals surface area contributed by atoms with E-state index in [0.717, 1.165) is 0 Å². The zero-order valence-corrected chi connectivity index (χ0v) is 10.4. The lowest BCUT2D eigenvalue weighted by atomic mass is 9.82. The van der Waals surface area contributed by atoms with E-state index in [9.17, 15) is 27.2 Å². The number of esters is 1. The molecule has 2 rings (SSSR count). The van der Waals surface area contributed by atoms with Crippen LogP contribution in [0.5, 0.6) is 0 Å². The van der Waals surface area contributed by atoms with Crippen molar-refractivity contribution in [2.24, 2.45) is 5.92 Å². The number of hydrogen-bond donors (Lipinski definition) is 0. The Kier molecular flexibility index (Phi) is 3.78. The third-order valence-corrected chi connectivity index (χ3v) is 3.18. The van der Waals surface area contributed by atoms with E-state index in [1.54, 1.807) is 0 Å². The molecule has 0 spiro atoms. The smallest absolute Gasteiger partial charge is 0.316 e. The molecule has 0 saturated heterocycles. The average molecular weight is 290 g/mol. The molecule has 0 heterocycles. The summed E-state index contributed by atoms with van der Waals surface area (Å²) in [5.41, 5.74) is -1.43. The van der Waals surface area contributed by atoms with Gasteiger partial charge in [-0.25, -0.2) is 17.6 Å². The number of fused-ring (bicyclic) bond motifs is 1. The highest BCUT2D eigenvalue weighted by atomic mass is 19.2. The summed E-state index contributed by atoms with van der Waals surface area (Å²) in [6.07, 6.45) is -0.378. The van der Waals surface area contributed by atoms with Crippen molar-refractivity contribution in [1.29, 1.82) is 0 Å². The SMILES string of the molecule is CCOC(=O)C1CCc2c(F)c(F)c(F)c(F)c2C1=O. The summed E-state index contributed by atoms with van der Waals surface area (Å²) >= 11 is 0. The summed E-state index contributed by atoms with van der Waals surface area (Å²) in [5.74, 6) is -10.6. The number of rotatable bonds is 2. The van der Waals surface area contributed by atoms with E-state index >= 15 is 0 Å². The van der Waals surface area contributed by atoms with Crippen LogP contribution in [0.4, 0.5) is 17.6 Å². The van der Waals surface area contributed by atoms with Gasteiger partial charge in [-0.05, 0) is 19.8 Å². The molecule has 0 N–H and O–H groups in total. The monoisotopic (exact) mass is 290 g/mol. The van der Waals surface area contributed by atoms with Gasteiger partial charge < -0.3 is 4.74 Å². The summed E-state index contributed by atoms with van der Waals surface area (Å²) in [4.78, 5) is 23.5. The summed E-state index contributed by atoms with van der Waals surface area (Å²) < 4.78 is 58.1. The van der Waals surface area contributed by atoms with Crippen LogP contribution in [-0.4, -0.2) is 18.4 Å². The van der Waals surface area contributed by atoms with Crippen LogP contribution in [0.25, 0.3) is 0 Å². The minimum Gasteiger partial charge on any atom is -0.465 e. The molecule has 1 aromatic carbocycles. The number of benzene rings is 1. The number of carbonyl (C=O) groups is 2. The second-order valence-corrected chi connectivity index (χ2v) is 4.32. The van der Waals surface area contributed by atoms with Gasteiger partial charge in [-0.15, -0.1) is 0 Å². The van der Waals surface area contributed by atoms with Crippen molar-refractivity contribution >= 4 is 11.8 Å². The Morgan fingerprint density at radius 2 is 1.75 bits per heavy atom. The van der Waals surface area contributed by atoms with Crippen LogP contribution in [-0.2, 0) is 16.0 Å². The van der Waals surface area contributed by atoms with E-state index in [1.165, 1.54) is 6.92 Å². The lowest BCUT2D eigenvalue weighted by Gasteiger charge is -2.23. The van der Waals surface area contributed by atoms with Gasteiger partial charge in [-0.2, -0.15) is 0 Å². The summed E-state index contributed by atoms with van der Waals surface area (Å²) in [5, 5.41) is 0. The van der Waals surface area contributed by atoms with E-state index in [2.05, 4.69) is 4.74 Å². The van der Waals surface area contributed by atoms with Crippen molar-refractivity contribution in [1.82, 2.24) is 0 Å². The first-order valence-corrected chi connectivity index (χ1v) is 5.95. The van der Waals surface area contributed by atoms with E-state index in [1.807, 2.05) is 0 Å². The molecule has 1 unspecified atom stereocenters. The highest BCUT2D eigenvalue weighted by molar-refractivity contribution is 6.10. The molecule has 1 atom stereocenters. The average Bonchev–Trinajstić information content (AvgIpc) is 2.42. The summed E-state index contributed by atoms with van der Waals surface area (Å²) in [6.45, 7) is 1.54. The first kappa shape index (κ1) is 14.5. The molecule has 0 bridgehead atoms. The van der Waals surface area contributed by atoms with Gasteiger partial charge >= 0.3 is 5.97 Å². The van der Waals surface area contributed by atoms with Gasteiger partial charge in [0.15, 0.2) is 29.1 Å². The molecule has 3 nitrogen and oxygen atoms in total. The third kappa shape index (κ3) is 2.07. The number of ketones is 1. The van der Waals surface area contributed by atoms with Crippen LogP contribution >= 0.6 is 0 Å². The second kappa shape index (κ2) is 5.22. The zero-order valence-electron chi connectivity index (χ0n) is 10.4. The third-order valence-electron chi connectivity index (χ3n) is 3.18. The molecule has 1 aliphatic carbocycles. The summed E-state index contributed by atoms with van der Waals surface area (Å²) in [6, 6.07) is 0. The number of hydrogen-bond acceptors (Lipinski definition) is 3. The maximum Gasteiger partial charge on any atom is 0.316 e. The molecule has 0 amide bonds. The van der Waals surface area contributed by atoms with Crippen molar-refractivity contribution in [2.75, 3.05) is 6.61 Å². The van der Waals surface area contributed by atoms with Crippen LogP contribution < -0.4 is 0 Å². The molecule has 1 aromatic rings. The van der Waals surface area contributed by atoms with Gasteiger partial charge in [0.1, 0.15) is 5.92 Å². The first-order chi connectivity index (χ1) is 9.40. The Labute approximate surface area is 111 Å². The largest absolute Gasteiger partial charge is 0.465 e.